The van der Waals surface area contributed by atoms with Crippen molar-refractivity contribution in [3.63, 3.8) is 0 Å². The fourth-order valence-corrected chi connectivity index (χ4v) is 4.66. The van der Waals surface area contributed by atoms with E-state index in [4.69, 9.17) is 16.3 Å². The van der Waals surface area contributed by atoms with E-state index in [1.54, 1.807) is 54.5 Å². The Morgan fingerprint density at radius 3 is 2.31 bits per heavy atom. The molecule has 168 valence electrons. The fraction of sp³-hybridized carbons (Fsp3) is 0.208. The van der Waals surface area contributed by atoms with Gasteiger partial charge in [-0.05, 0) is 61.0 Å². The number of hydrogen-bond donors (Lipinski definition) is 0. The van der Waals surface area contributed by atoms with Crippen LogP contribution in [0.25, 0.3) is 0 Å². The molecule has 6 nitrogen and oxygen atoms in total. The third kappa shape index (κ3) is 5.06. The molecule has 0 heterocycles. The zero-order valence-electron chi connectivity index (χ0n) is 18.2. The number of anilines is 1. The van der Waals surface area contributed by atoms with Gasteiger partial charge in [0.15, 0.2) is 0 Å². The minimum atomic E-state index is -3.86. The molecule has 0 bridgehead atoms. The molecule has 0 aromatic heterocycles. The zero-order valence-corrected chi connectivity index (χ0v) is 19.7. The molecule has 0 atom stereocenters. The maximum atomic E-state index is 13.2. The van der Waals surface area contributed by atoms with Crippen molar-refractivity contribution in [3.05, 3.63) is 88.9 Å². The lowest BCUT2D eigenvalue weighted by atomic mass is 10.1. The maximum absolute atomic E-state index is 13.2. The predicted molar refractivity (Wildman–Crippen MR) is 127 cm³/mol. The first-order valence-corrected chi connectivity index (χ1v) is 11.9. The van der Waals surface area contributed by atoms with Crippen LogP contribution >= 0.6 is 11.6 Å². The number of sulfonamides is 1. The normalized spacial score (nSPS) is 11.1. The van der Waals surface area contributed by atoms with Crippen molar-refractivity contribution >= 4 is 33.2 Å². The zero-order chi connectivity index (χ0) is 23.3. The SMILES string of the molecule is CCN(Cc1ccccc1Cl)C(=O)c1cccc(S(=O)(=O)N(C)c2ccc(OC)cc2)c1. The topological polar surface area (TPSA) is 66.9 Å². The summed E-state index contributed by atoms with van der Waals surface area (Å²) in [5.41, 5.74) is 1.60. The van der Waals surface area contributed by atoms with Crippen molar-refractivity contribution in [1.29, 1.82) is 0 Å². The van der Waals surface area contributed by atoms with Crippen LogP contribution in [0.5, 0.6) is 5.75 Å². The minimum Gasteiger partial charge on any atom is -0.497 e. The van der Waals surface area contributed by atoms with Gasteiger partial charge in [0.2, 0.25) is 0 Å². The van der Waals surface area contributed by atoms with Crippen LogP contribution in [0, 0.1) is 0 Å². The van der Waals surface area contributed by atoms with Gasteiger partial charge in [-0.3, -0.25) is 9.10 Å². The molecule has 0 unspecified atom stereocenters. The second kappa shape index (κ2) is 10.1. The van der Waals surface area contributed by atoms with Crippen molar-refractivity contribution in [2.75, 3.05) is 25.0 Å². The van der Waals surface area contributed by atoms with E-state index in [1.807, 2.05) is 25.1 Å². The molecule has 8 heteroatoms. The molecule has 0 saturated heterocycles. The smallest absolute Gasteiger partial charge is 0.264 e. The highest BCUT2D eigenvalue weighted by Gasteiger charge is 2.24. The number of nitrogens with zero attached hydrogens (tertiary/aromatic N) is 2. The maximum Gasteiger partial charge on any atom is 0.264 e. The number of ether oxygens (including phenoxy) is 1. The van der Waals surface area contributed by atoms with E-state index < -0.39 is 10.0 Å². The minimum absolute atomic E-state index is 0.0375. The number of hydrogen-bond acceptors (Lipinski definition) is 4. The highest BCUT2D eigenvalue weighted by molar-refractivity contribution is 7.92. The van der Waals surface area contributed by atoms with E-state index in [9.17, 15) is 13.2 Å². The van der Waals surface area contributed by atoms with Gasteiger partial charge >= 0.3 is 0 Å². The molecule has 3 aromatic carbocycles. The summed E-state index contributed by atoms with van der Waals surface area (Å²) in [5, 5.41) is 0.580. The average molecular weight is 473 g/mol. The van der Waals surface area contributed by atoms with Crippen molar-refractivity contribution in [2.45, 2.75) is 18.4 Å². The summed E-state index contributed by atoms with van der Waals surface area (Å²) in [6.45, 7) is 2.65. The van der Waals surface area contributed by atoms with E-state index in [-0.39, 0.29) is 10.8 Å². The molecule has 0 aliphatic carbocycles. The quantitative estimate of drug-likeness (QED) is 0.470. The molecular formula is C24H25ClN2O4S. The lowest BCUT2D eigenvalue weighted by Crippen LogP contribution is -2.31. The monoisotopic (exact) mass is 472 g/mol. The fourth-order valence-electron chi connectivity index (χ4n) is 3.22. The Balaban J connectivity index is 1.87. The Kier molecular flexibility index (Phi) is 7.43. The molecule has 3 aromatic rings. The lowest BCUT2D eigenvalue weighted by molar-refractivity contribution is 0.0752. The number of rotatable bonds is 8. The Morgan fingerprint density at radius 1 is 1.00 bits per heavy atom. The third-order valence-corrected chi connectivity index (χ3v) is 7.31. The number of methoxy groups -OCH3 is 1. The van der Waals surface area contributed by atoms with Crippen LogP contribution in [0.2, 0.25) is 5.02 Å². The van der Waals surface area contributed by atoms with Gasteiger partial charge in [-0.1, -0.05) is 35.9 Å². The summed E-state index contributed by atoms with van der Waals surface area (Å²) >= 11 is 6.24. The Labute approximate surface area is 194 Å². The summed E-state index contributed by atoms with van der Waals surface area (Å²) < 4.78 is 32.7. The summed E-state index contributed by atoms with van der Waals surface area (Å²) in [6.07, 6.45) is 0. The third-order valence-electron chi connectivity index (χ3n) is 5.16. The van der Waals surface area contributed by atoms with E-state index in [1.165, 1.54) is 23.5 Å². The highest BCUT2D eigenvalue weighted by atomic mass is 35.5. The van der Waals surface area contributed by atoms with Gasteiger partial charge < -0.3 is 9.64 Å². The van der Waals surface area contributed by atoms with Gasteiger partial charge in [0.25, 0.3) is 15.9 Å². The van der Waals surface area contributed by atoms with Crippen molar-refractivity contribution in [2.24, 2.45) is 0 Å². The van der Waals surface area contributed by atoms with Gasteiger partial charge in [-0.2, -0.15) is 0 Å². The molecule has 0 N–H and O–H groups in total. The molecular weight excluding hydrogens is 448 g/mol. The summed E-state index contributed by atoms with van der Waals surface area (Å²) in [6, 6.07) is 20.1. The first-order chi connectivity index (χ1) is 15.3. The molecule has 0 aliphatic heterocycles. The molecule has 0 saturated carbocycles. The number of halogens is 1. The molecule has 0 spiro atoms. The van der Waals surface area contributed by atoms with Gasteiger partial charge in [-0.15, -0.1) is 0 Å². The van der Waals surface area contributed by atoms with E-state index >= 15 is 0 Å². The highest BCUT2D eigenvalue weighted by Crippen LogP contribution is 2.25. The van der Waals surface area contributed by atoms with E-state index in [2.05, 4.69) is 0 Å². The number of carbonyl (C=O) groups is 1. The van der Waals surface area contributed by atoms with Crippen LogP contribution in [-0.4, -0.2) is 39.9 Å². The second-order valence-electron chi connectivity index (χ2n) is 7.11. The first-order valence-electron chi connectivity index (χ1n) is 10.0. The molecule has 0 fully saturated rings. The predicted octanol–water partition coefficient (Wildman–Crippen LogP) is 4.84. The van der Waals surface area contributed by atoms with Crippen molar-refractivity contribution in [1.82, 2.24) is 4.90 Å². The number of amides is 1. The van der Waals surface area contributed by atoms with Crippen molar-refractivity contribution < 1.29 is 17.9 Å². The van der Waals surface area contributed by atoms with Gasteiger partial charge in [0.05, 0.1) is 17.7 Å². The Morgan fingerprint density at radius 2 is 1.69 bits per heavy atom. The summed E-state index contributed by atoms with van der Waals surface area (Å²) in [7, 11) is -0.846. The van der Waals surface area contributed by atoms with Gasteiger partial charge in [0.1, 0.15) is 5.75 Å². The summed E-state index contributed by atoms with van der Waals surface area (Å²) in [4.78, 5) is 14.8. The first kappa shape index (κ1) is 23.6. The van der Waals surface area contributed by atoms with Crippen molar-refractivity contribution in [3.8, 4) is 5.75 Å². The number of benzene rings is 3. The molecule has 0 aliphatic rings. The molecule has 3 rings (SSSR count). The largest absolute Gasteiger partial charge is 0.497 e. The lowest BCUT2D eigenvalue weighted by Gasteiger charge is -2.23. The van der Waals surface area contributed by atoms with E-state index in [0.29, 0.717) is 35.1 Å². The van der Waals surface area contributed by atoms with Crippen LogP contribution in [-0.2, 0) is 16.6 Å². The van der Waals surface area contributed by atoms with Gasteiger partial charge in [0, 0.05) is 30.7 Å². The van der Waals surface area contributed by atoms with Crippen LogP contribution < -0.4 is 9.04 Å². The standard InChI is InChI=1S/C24H25ClN2O4S/c1-4-27(17-19-8-5-6-11-23(19)25)24(28)18-9-7-10-22(16-18)32(29,30)26(2)20-12-14-21(31-3)15-13-20/h5-16H,4,17H2,1-3H3. The van der Waals surface area contributed by atoms with Crippen LogP contribution in [0.15, 0.2) is 77.7 Å². The average Bonchev–Trinajstić information content (AvgIpc) is 2.82. The Bertz CT molecular complexity index is 1200. The summed E-state index contributed by atoms with van der Waals surface area (Å²) in [5.74, 6) is 0.363. The molecule has 32 heavy (non-hydrogen) atoms. The van der Waals surface area contributed by atoms with Crippen LogP contribution in [0.3, 0.4) is 0 Å². The number of carbonyl (C=O) groups excluding carboxylic acids is 1. The van der Waals surface area contributed by atoms with Crippen LogP contribution in [0.4, 0.5) is 5.69 Å². The van der Waals surface area contributed by atoms with Crippen LogP contribution in [0.1, 0.15) is 22.8 Å². The molecule has 1 amide bonds. The second-order valence-corrected chi connectivity index (χ2v) is 9.49. The van der Waals surface area contributed by atoms with Gasteiger partial charge in [-0.25, -0.2) is 8.42 Å². The Hall–Kier alpha value is -3.03. The molecule has 0 radical (unpaired) electrons. The van der Waals surface area contributed by atoms with E-state index in [0.717, 1.165) is 5.56 Å².